The molecular formula is C20H23NO2. The van der Waals surface area contributed by atoms with Crippen LogP contribution in [0.25, 0.3) is 0 Å². The van der Waals surface area contributed by atoms with Crippen LogP contribution in [-0.2, 0) is 16.0 Å². The van der Waals surface area contributed by atoms with Crippen molar-refractivity contribution >= 4 is 11.7 Å². The van der Waals surface area contributed by atoms with Gasteiger partial charge in [-0.05, 0) is 50.5 Å². The summed E-state index contributed by atoms with van der Waals surface area (Å²) in [7, 11) is 0. The molecular weight excluding hydrogens is 286 g/mol. The second-order valence-electron chi connectivity index (χ2n) is 6.91. The Labute approximate surface area is 137 Å². The molecule has 0 fully saturated rings. The molecule has 3 heteroatoms. The Hall–Kier alpha value is -2.29. The van der Waals surface area contributed by atoms with Gasteiger partial charge in [0.15, 0.2) is 6.04 Å². The second-order valence-corrected chi connectivity index (χ2v) is 6.91. The van der Waals surface area contributed by atoms with Crippen molar-refractivity contribution in [3.63, 3.8) is 0 Å². The number of fused-ring (bicyclic) bond motifs is 1. The topological polar surface area (TPSA) is 29.5 Å². The van der Waals surface area contributed by atoms with Gasteiger partial charge in [0.25, 0.3) is 0 Å². The summed E-state index contributed by atoms with van der Waals surface area (Å²) in [6.07, 6.45) is 0.935. The Kier molecular flexibility index (Phi) is 4.12. The van der Waals surface area contributed by atoms with Crippen LogP contribution in [0.2, 0.25) is 0 Å². The number of anilines is 1. The highest BCUT2D eigenvalue weighted by Gasteiger charge is 2.36. The predicted molar refractivity (Wildman–Crippen MR) is 92.5 cm³/mol. The van der Waals surface area contributed by atoms with E-state index in [9.17, 15) is 4.79 Å². The van der Waals surface area contributed by atoms with Crippen LogP contribution in [-0.4, -0.2) is 18.1 Å². The van der Waals surface area contributed by atoms with Gasteiger partial charge in [-0.1, -0.05) is 42.5 Å². The molecule has 0 saturated heterocycles. The summed E-state index contributed by atoms with van der Waals surface area (Å²) in [5.74, 6) is -0.187. The molecule has 2 aromatic carbocycles. The summed E-state index contributed by atoms with van der Waals surface area (Å²) in [6, 6.07) is 17.9. The van der Waals surface area contributed by atoms with Gasteiger partial charge in [-0.2, -0.15) is 0 Å². The number of nitrogens with zero attached hydrogens (tertiary/aromatic N) is 1. The van der Waals surface area contributed by atoms with E-state index in [0.29, 0.717) is 0 Å². The van der Waals surface area contributed by atoms with Crippen molar-refractivity contribution in [1.29, 1.82) is 0 Å². The lowest BCUT2D eigenvalue weighted by atomic mass is 9.92. The Balaban J connectivity index is 2.02. The van der Waals surface area contributed by atoms with Gasteiger partial charge >= 0.3 is 5.97 Å². The highest BCUT2D eigenvalue weighted by Crippen LogP contribution is 2.35. The zero-order valence-corrected chi connectivity index (χ0v) is 14.0. The summed E-state index contributed by atoms with van der Waals surface area (Å²) >= 11 is 0. The third-order valence-electron chi connectivity index (χ3n) is 4.00. The van der Waals surface area contributed by atoms with Crippen LogP contribution in [0.15, 0.2) is 54.6 Å². The van der Waals surface area contributed by atoms with Gasteiger partial charge in [0.1, 0.15) is 5.60 Å². The molecule has 0 saturated carbocycles. The molecule has 120 valence electrons. The van der Waals surface area contributed by atoms with Gasteiger partial charge < -0.3 is 9.64 Å². The zero-order chi connectivity index (χ0) is 16.4. The van der Waals surface area contributed by atoms with Gasteiger partial charge in [-0.15, -0.1) is 0 Å². The summed E-state index contributed by atoms with van der Waals surface area (Å²) in [5, 5.41) is 0. The van der Waals surface area contributed by atoms with Gasteiger partial charge in [0.05, 0.1) is 0 Å². The Morgan fingerprint density at radius 1 is 1.04 bits per heavy atom. The number of hydrogen-bond acceptors (Lipinski definition) is 3. The molecule has 0 aliphatic carbocycles. The summed E-state index contributed by atoms with van der Waals surface area (Å²) in [5.41, 5.74) is 2.84. The standard InChI is InChI=1S/C20H23NO2/c1-20(2,3)23-19(22)18-17-12-8-7-9-15(17)13-14-21(18)16-10-5-4-6-11-16/h4-12,18H,13-14H2,1-3H3. The fraction of sp³-hybridized carbons (Fsp3) is 0.350. The molecule has 1 aliphatic rings. The van der Waals surface area contributed by atoms with Crippen molar-refractivity contribution in [2.45, 2.75) is 38.8 Å². The van der Waals surface area contributed by atoms with Gasteiger partial charge in [-0.3, -0.25) is 0 Å². The average molecular weight is 309 g/mol. The Morgan fingerprint density at radius 2 is 1.70 bits per heavy atom. The second kappa shape index (κ2) is 6.07. The van der Waals surface area contributed by atoms with Crippen molar-refractivity contribution in [3.05, 3.63) is 65.7 Å². The van der Waals surface area contributed by atoms with E-state index in [4.69, 9.17) is 4.74 Å². The lowest BCUT2D eigenvalue weighted by Crippen LogP contribution is -2.42. The van der Waals surface area contributed by atoms with E-state index in [1.165, 1.54) is 5.56 Å². The normalized spacial score (nSPS) is 17.5. The summed E-state index contributed by atoms with van der Waals surface area (Å²) in [6.45, 7) is 6.54. The first kappa shape index (κ1) is 15.6. The molecule has 3 rings (SSSR count). The lowest BCUT2D eigenvalue weighted by molar-refractivity contribution is -0.156. The van der Waals surface area contributed by atoms with Crippen LogP contribution < -0.4 is 4.90 Å². The Morgan fingerprint density at radius 3 is 2.39 bits per heavy atom. The summed E-state index contributed by atoms with van der Waals surface area (Å²) in [4.78, 5) is 15.0. The van der Waals surface area contributed by atoms with E-state index in [0.717, 1.165) is 24.2 Å². The minimum Gasteiger partial charge on any atom is -0.458 e. The molecule has 3 nitrogen and oxygen atoms in total. The number of benzene rings is 2. The maximum absolute atomic E-state index is 12.9. The van der Waals surface area contributed by atoms with Crippen molar-refractivity contribution in [1.82, 2.24) is 0 Å². The maximum atomic E-state index is 12.9. The molecule has 0 radical (unpaired) electrons. The van der Waals surface area contributed by atoms with E-state index in [2.05, 4.69) is 11.0 Å². The van der Waals surface area contributed by atoms with Crippen molar-refractivity contribution in [3.8, 4) is 0 Å². The summed E-state index contributed by atoms with van der Waals surface area (Å²) < 4.78 is 5.71. The van der Waals surface area contributed by atoms with Crippen LogP contribution in [0.3, 0.4) is 0 Å². The number of carbonyl (C=O) groups excluding carboxylic acids is 1. The SMILES string of the molecule is CC(C)(C)OC(=O)C1c2ccccc2CCN1c1ccccc1. The van der Waals surface area contributed by atoms with Crippen LogP contribution in [0.4, 0.5) is 5.69 Å². The third kappa shape index (κ3) is 3.39. The number of esters is 1. The molecule has 0 bridgehead atoms. The zero-order valence-electron chi connectivity index (χ0n) is 14.0. The molecule has 23 heavy (non-hydrogen) atoms. The highest BCUT2D eigenvalue weighted by atomic mass is 16.6. The van der Waals surface area contributed by atoms with E-state index in [1.807, 2.05) is 69.3 Å². The number of ether oxygens (including phenoxy) is 1. The molecule has 1 aliphatic heterocycles. The van der Waals surface area contributed by atoms with Crippen molar-refractivity contribution < 1.29 is 9.53 Å². The first-order valence-corrected chi connectivity index (χ1v) is 8.08. The number of para-hydroxylation sites is 1. The third-order valence-corrected chi connectivity index (χ3v) is 4.00. The minimum absolute atomic E-state index is 0.187. The molecule has 1 unspecified atom stereocenters. The molecule has 0 N–H and O–H groups in total. The number of carbonyl (C=O) groups is 1. The van der Waals surface area contributed by atoms with Crippen LogP contribution >= 0.6 is 0 Å². The fourth-order valence-electron chi connectivity index (χ4n) is 3.08. The first-order chi connectivity index (χ1) is 11.0. The lowest BCUT2D eigenvalue weighted by Gasteiger charge is -2.38. The molecule has 2 aromatic rings. The largest absolute Gasteiger partial charge is 0.458 e. The smallest absolute Gasteiger partial charge is 0.334 e. The molecule has 0 spiro atoms. The molecule has 1 heterocycles. The van der Waals surface area contributed by atoms with E-state index in [1.54, 1.807) is 0 Å². The number of rotatable bonds is 2. The number of hydrogen-bond donors (Lipinski definition) is 0. The molecule has 1 atom stereocenters. The van der Waals surface area contributed by atoms with Crippen molar-refractivity contribution in [2.24, 2.45) is 0 Å². The van der Waals surface area contributed by atoms with Crippen molar-refractivity contribution in [2.75, 3.05) is 11.4 Å². The van der Waals surface area contributed by atoms with Crippen LogP contribution in [0.1, 0.15) is 37.9 Å². The first-order valence-electron chi connectivity index (χ1n) is 8.08. The molecule has 0 amide bonds. The fourth-order valence-corrected chi connectivity index (χ4v) is 3.08. The van der Waals surface area contributed by atoms with E-state index < -0.39 is 5.60 Å². The predicted octanol–water partition coefficient (Wildman–Crippen LogP) is 4.13. The van der Waals surface area contributed by atoms with E-state index in [-0.39, 0.29) is 12.0 Å². The van der Waals surface area contributed by atoms with Gasteiger partial charge in [0, 0.05) is 12.2 Å². The minimum atomic E-state index is -0.494. The highest BCUT2D eigenvalue weighted by molar-refractivity contribution is 5.83. The Bertz CT molecular complexity index is 688. The quantitative estimate of drug-likeness (QED) is 0.781. The van der Waals surface area contributed by atoms with E-state index >= 15 is 0 Å². The monoisotopic (exact) mass is 309 g/mol. The van der Waals surface area contributed by atoms with Crippen LogP contribution in [0, 0.1) is 0 Å². The van der Waals surface area contributed by atoms with Gasteiger partial charge in [0.2, 0.25) is 0 Å². The van der Waals surface area contributed by atoms with Gasteiger partial charge in [-0.25, -0.2) is 4.79 Å². The maximum Gasteiger partial charge on any atom is 0.334 e. The average Bonchev–Trinajstić information content (AvgIpc) is 2.53. The molecule has 0 aromatic heterocycles. The van der Waals surface area contributed by atoms with Crippen LogP contribution in [0.5, 0.6) is 0 Å².